The molecule has 0 bridgehead atoms. The third kappa shape index (κ3) is 5.92. The fraction of sp³-hybridized carbons (Fsp3) is 0.588. The van der Waals surface area contributed by atoms with Crippen molar-refractivity contribution >= 4 is 43.4 Å². The van der Waals surface area contributed by atoms with Crippen LogP contribution in [0.5, 0.6) is 0 Å². The highest BCUT2D eigenvalue weighted by Crippen LogP contribution is 2.66. The average Bonchev–Trinajstić information content (AvgIpc) is 3.20. The van der Waals surface area contributed by atoms with Crippen LogP contribution in [0.2, 0.25) is 0 Å². The molecule has 2 atom stereocenters. The number of hydrogen-bond donors (Lipinski definition) is 0. The van der Waals surface area contributed by atoms with Crippen molar-refractivity contribution in [3.05, 3.63) is 59.7 Å². The van der Waals surface area contributed by atoms with E-state index in [1.165, 1.54) is 54.4 Å². The lowest BCUT2D eigenvalue weighted by atomic mass is 9.49. The quantitative estimate of drug-likeness (QED) is 0.117. The molecule has 0 spiro atoms. The van der Waals surface area contributed by atoms with Crippen LogP contribution in [0.15, 0.2) is 48.5 Å². The predicted molar refractivity (Wildman–Crippen MR) is 167 cm³/mol. The largest absolute Gasteiger partial charge is 0.299 e. The van der Waals surface area contributed by atoms with Crippen molar-refractivity contribution in [3.8, 4) is 11.1 Å². The first-order valence-electron chi connectivity index (χ1n) is 14.9. The minimum absolute atomic E-state index is 0.105. The number of halogens is 2. The fourth-order valence-electron chi connectivity index (χ4n) is 7.53. The number of unbranched alkanes of at least 4 members (excludes halogenated alkanes) is 6. The lowest BCUT2D eigenvalue weighted by molar-refractivity contribution is -0.136. The molecule has 38 heavy (non-hydrogen) atoms. The highest BCUT2D eigenvalue weighted by atomic mass is 79.9. The van der Waals surface area contributed by atoms with Crippen LogP contribution in [-0.2, 0) is 15.0 Å². The molecule has 2 nitrogen and oxygen atoms in total. The van der Waals surface area contributed by atoms with Gasteiger partial charge in [-0.05, 0) is 46.9 Å². The van der Waals surface area contributed by atoms with Crippen molar-refractivity contribution in [2.45, 2.75) is 119 Å². The summed E-state index contributed by atoms with van der Waals surface area (Å²) < 4.78 is 0. The first-order valence-corrected chi connectivity index (χ1v) is 16.7. The Balaban J connectivity index is 1.82. The fourth-order valence-corrected chi connectivity index (χ4v) is 9.16. The maximum absolute atomic E-state index is 13.3. The van der Waals surface area contributed by atoms with Crippen molar-refractivity contribution in [3.63, 3.8) is 0 Å². The van der Waals surface area contributed by atoms with Gasteiger partial charge in [0, 0.05) is 27.9 Å². The Morgan fingerprint density at radius 2 is 1.26 bits per heavy atom. The van der Waals surface area contributed by atoms with Crippen LogP contribution >= 0.6 is 31.9 Å². The van der Waals surface area contributed by atoms with E-state index in [1.54, 1.807) is 0 Å². The monoisotopic (exact) mass is 642 g/mol. The predicted octanol–water partition coefficient (Wildman–Crippen LogP) is 10.1. The Labute approximate surface area is 247 Å². The number of Topliss-reactive ketones (excluding diaryl/α,β-unsaturated/α-hetero) is 2. The summed E-state index contributed by atoms with van der Waals surface area (Å²) in [4.78, 5) is 27.3. The number of rotatable bonds is 14. The smallest absolute Gasteiger partial charge is 0.140 e. The van der Waals surface area contributed by atoms with Crippen LogP contribution in [-0.4, -0.2) is 21.2 Å². The third-order valence-corrected chi connectivity index (χ3v) is 10.7. The van der Waals surface area contributed by atoms with Crippen molar-refractivity contribution in [2.24, 2.45) is 5.41 Å². The lowest BCUT2D eigenvalue weighted by Gasteiger charge is -2.54. The molecule has 2 aliphatic rings. The molecule has 206 valence electrons. The van der Waals surface area contributed by atoms with Gasteiger partial charge >= 0.3 is 0 Å². The zero-order valence-corrected chi connectivity index (χ0v) is 26.4. The summed E-state index contributed by atoms with van der Waals surface area (Å²) in [5.41, 5.74) is 4.35. The van der Waals surface area contributed by atoms with Gasteiger partial charge in [-0.2, -0.15) is 0 Å². The van der Waals surface area contributed by atoms with Gasteiger partial charge in [0.05, 0.1) is 6.42 Å². The lowest BCUT2D eigenvalue weighted by Crippen LogP contribution is -2.55. The van der Waals surface area contributed by atoms with Gasteiger partial charge in [-0.15, -0.1) is 0 Å². The Morgan fingerprint density at radius 3 is 1.84 bits per heavy atom. The molecule has 4 rings (SSSR count). The second kappa shape index (κ2) is 13.4. The van der Waals surface area contributed by atoms with Gasteiger partial charge < -0.3 is 0 Å². The Hall–Kier alpha value is -1.26. The summed E-state index contributed by atoms with van der Waals surface area (Å²) in [5.74, 6) is 0.252. The molecule has 0 aliphatic heterocycles. The number of hydrogen-bond acceptors (Lipinski definition) is 2. The summed E-state index contributed by atoms with van der Waals surface area (Å²) in [6, 6.07) is 17.6. The van der Waals surface area contributed by atoms with E-state index in [2.05, 4.69) is 94.2 Å². The van der Waals surface area contributed by atoms with E-state index in [0.717, 1.165) is 38.5 Å². The van der Waals surface area contributed by atoms with Gasteiger partial charge in [-0.25, -0.2) is 0 Å². The number of alkyl halides is 2. The maximum atomic E-state index is 13.3. The van der Waals surface area contributed by atoms with Crippen LogP contribution in [0.25, 0.3) is 11.1 Å². The Bertz CT molecular complexity index is 1040. The topological polar surface area (TPSA) is 34.1 Å². The van der Waals surface area contributed by atoms with E-state index in [4.69, 9.17) is 0 Å². The first-order chi connectivity index (χ1) is 18.4. The number of ketones is 2. The van der Waals surface area contributed by atoms with Gasteiger partial charge in [0.2, 0.25) is 0 Å². The molecule has 0 aromatic heterocycles. The normalized spacial score (nSPS) is 19.2. The zero-order valence-electron chi connectivity index (χ0n) is 23.2. The molecule has 2 unspecified atom stereocenters. The summed E-state index contributed by atoms with van der Waals surface area (Å²) in [6.07, 6.45) is 13.7. The Morgan fingerprint density at radius 1 is 0.737 bits per heavy atom. The van der Waals surface area contributed by atoms with E-state index in [-0.39, 0.29) is 22.8 Å². The molecule has 0 radical (unpaired) electrons. The van der Waals surface area contributed by atoms with Crippen LogP contribution in [0, 0.1) is 5.41 Å². The molecule has 1 saturated carbocycles. The summed E-state index contributed by atoms with van der Waals surface area (Å²) in [7, 11) is 0. The first kappa shape index (κ1) is 29.7. The van der Waals surface area contributed by atoms with Gasteiger partial charge in [0.15, 0.2) is 0 Å². The highest BCUT2D eigenvalue weighted by Gasteiger charge is 2.62. The third-order valence-electron chi connectivity index (χ3n) is 9.08. The van der Waals surface area contributed by atoms with Crippen LogP contribution < -0.4 is 0 Å². The van der Waals surface area contributed by atoms with Gasteiger partial charge in [0.1, 0.15) is 11.6 Å². The number of carbonyl (C=O) groups excluding carboxylic acids is 2. The molecule has 1 fully saturated rings. The molecule has 2 aromatic rings. The summed E-state index contributed by atoms with van der Waals surface area (Å²) in [6.45, 7) is 4.47. The number of benzene rings is 2. The van der Waals surface area contributed by atoms with Crippen molar-refractivity contribution in [1.29, 1.82) is 0 Å². The number of fused-ring (bicyclic) bond motifs is 3. The minimum atomic E-state index is -0.413. The molecule has 4 heteroatoms. The van der Waals surface area contributed by atoms with Gasteiger partial charge in [0.25, 0.3) is 0 Å². The number of carbonyl (C=O) groups is 2. The van der Waals surface area contributed by atoms with Crippen molar-refractivity contribution in [1.82, 2.24) is 0 Å². The Kier molecular flexibility index (Phi) is 10.5. The van der Waals surface area contributed by atoms with E-state index in [1.807, 2.05) is 0 Å². The van der Waals surface area contributed by atoms with Gasteiger partial charge in [-0.3, -0.25) is 9.59 Å². The molecule has 0 saturated heterocycles. The summed E-state index contributed by atoms with van der Waals surface area (Å²) >= 11 is 8.00. The van der Waals surface area contributed by atoms with Crippen molar-refractivity contribution in [2.75, 3.05) is 0 Å². The molecular weight excluding hydrogens is 600 g/mol. The summed E-state index contributed by atoms with van der Waals surface area (Å²) in [5, 5.41) is 0. The highest BCUT2D eigenvalue weighted by molar-refractivity contribution is 9.09. The molecule has 2 aliphatic carbocycles. The minimum Gasteiger partial charge on any atom is -0.299 e. The van der Waals surface area contributed by atoms with Crippen LogP contribution in [0.1, 0.15) is 115 Å². The van der Waals surface area contributed by atoms with Crippen molar-refractivity contribution < 1.29 is 9.59 Å². The second-order valence-electron chi connectivity index (χ2n) is 11.8. The molecule has 0 amide bonds. The molecule has 0 heterocycles. The van der Waals surface area contributed by atoms with Gasteiger partial charge in [-0.1, -0.05) is 146 Å². The zero-order chi connectivity index (χ0) is 27.2. The van der Waals surface area contributed by atoms with E-state index in [0.29, 0.717) is 17.7 Å². The second-order valence-corrected chi connectivity index (χ2v) is 14.5. The standard InChI is InChI=1S/C34H44Br2O2/c1-3-4-5-6-7-14-21-33(23-26(37)22-27(38)24-33)34(32(36)20-13-8-15-25(2)35)30-18-11-9-16-28(30)29-17-10-12-19-31(29)34/h9-12,16-19,25,32H,3-8,13-15,20-24H2,1-2H3. The van der Waals surface area contributed by atoms with E-state index < -0.39 is 10.8 Å². The molecule has 2 aromatic carbocycles. The van der Waals surface area contributed by atoms with Crippen LogP contribution in [0.4, 0.5) is 0 Å². The molecular formula is C34H44Br2O2. The maximum Gasteiger partial charge on any atom is 0.140 e. The average molecular weight is 645 g/mol. The van der Waals surface area contributed by atoms with E-state index in [9.17, 15) is 9.59 Å². The van der Waals surface area contributed by atoms with Crippen LogP contribution in [0.3, 0.4) is 0 Å². The SMILES string of the molecule is CCCCCCCCC1(C2(C(Br)CCCCC(C)Br)c3ccccc3-c3ccccc32)CC(=O)CC(=O)C1. The molecule has 0 N–H and O–H groups in total. The van der Waals surface area contributed by atoms with E-state index >= 15 is 0 Å².